The first-order chi connectivity index (χ1) is 17.1. The van der Waals surface area contributed by atoms with Crippen LogP contribution in [0.3, 0.4) is 0 Å². The van der Waals surface area contributed by atoms with Crippen LogP contribution in [0.2, 0.25) is 5.02 Å². The Labute approximate surface area is 218 Å². The molecule has 0 bridgehead atoms. The lowest BCUT2D eigenvalue weighted by Gasteiger charge is -2.21. The van der Waals surface area contributed by atoms with Gasteiger partial charge in [-0.25, -0.2) is 13.1 Å². The minimum absolute atomic E-state index is 0.393. The third-order valence-corrected chi connectivity index (χ3v) is 9.90. The van der Waals surface area contributed by atoms with Gasteiger partial charge >= 0.3 is 0 Å². The van der Waals surface area contributed by atoms with Gasteiger partial charge in [0.25, 0.3) is 0 Å². The molecule has 0 amide bonds. The predicted molar refractivity (Wildman–Crippen MR) is 144 cm³/mol. The maximum absolute atomic E-state index is 13.0. The van der Waals surface area contributed by atoms with Gasteiger partial charge in [0, 0.05) is 32.0 Å². The second-order valence-corrected chi connectivity index (χ2v) is 12.8. The molecule has 10 heteroatoms. The van der Waals surface area contributed by atoms with Crippen molar-refractivity contribution >= 4 is 48.7 Å². The molecule has 2 heterocycles. The average molecular weight is 544 g/mol. The molecule has 1 aliphatic carbocycles. The smallest absolute Gasteiger partial charge is 0.215 e. The molecule has 1 aliphatic rings. The summed E-state index contributed by atoms with van der Waals surface area (Å²) in [6.07, 6.45) is 2.88. The number of sulfonamides is 1. The number of aliphatic hydroxyl groups excluding tert-OH is 1. The third-order valence-electron chi connectivity index (χ3n) is 6.39. The fourth-order valence-electron chi connectivity index (χ4n) is 4.13. The Morgan fingerprint density at radius 2 is 2.00 bits per heavy atom. The Bertz CT molecular complexity index is 1550. The molecule has 5 N–H and O–H groups in total. The zero-order valence-corrected chi connectivity index (χ0v) is 21.9. The number of halogens is 1. The first-order valence-electron chi connectivity index (χ1n) is 11.5. The molecule has 1 fully saturated rings. The zero-order chi connectivity index (χ0) is 25.7. The van der Waals surface area contributed by atoms with E-state index in [0.29, 0.717) is 40.4 Å². The molecule has 0 aliphatic heterocycles. The van der Waals surface area contributed by atoms with Crippen molar-refractivity contribution in [3.05, 3.63) is 81.8 Å². The molecule has 2 atom stereocenters. The number of nitrogens with zero attached hydrogens (tertiary/aromatic N) is 1. The molecule has 4 aromatic rings. The van der Waals surface area contributed by atoms with Gasteiger partial charge in [-0.3, -0.25) is 4.98 Å². The predicted octanol–water partition coefficient (Wildman–Crippen LogP) is 4.57. The summed E-state index contributed by atoms with van der Waals surface area (Å²) in [6, 6.07) is 15.5. The fourth-order valence-corrected chi connectivity index (χ4v) is 7.21. The van der Waals surface area contributed by atoms with Crippen LogP contribution in [0.25, 0.3) is 21.3 Å². The lowest BCUT2D eigenvalue weighted by molar-refractivity contribution is -0.00230. The van der Waals surface area contributed by atoms with Crippen molar-refractivity contribution in [1.82, 2.24) is 9.71 Å². The van der Waals surface area contributed by atoms with Gasteiger partial charge in [0.2, 0.25) is 10.0 Å². The van der Waals surface area contributed by atoms with Crippen molar-refractivity contribution in [2.45, 2.75) is 36.7 Å². The normalized spacial score (nSPS) is 16.7. The zero-order valence-electron chi connectivity index (χ0n) is 19.5. The molecular weight excluding hydrogens is 518 g/mol. The lowest BCUT2D eigenvalue weighted by Crippen LogP contribution is -2.31. The summed E-state index contributed by atoms with van der Waals surface area (Å²) in [5.41, 5.74) is 7.73. The van der Waals surface area contributed by atoms with Gasteiger partial charge in [0.1, 0.15) is 5.60 Å². The van der Waals surface area contributed by atoms with E-state index in [0.717, 1.165) is 20.5 Å². The van der Waals surface area contributed by atoms with E-state index in [4.69, 9.17) is 17.3 Å². The minimum atomic E-state index is -3.54. The van der Waals surface area contributed by atoms with E-state index in [-0.39, 0.29) is 0 Å². The number of nitrogens with two attached hydrogens (primary N) is 1. The van der Waals surface area contributed by atoms with Crippen LogP contribution in [0.15, 0.2) is 60.8 Å². The summed E-state index contributed by atoms with van der Waals surface area (Å²) in [7, 11) is -3.54. The molecule has 0 spiro atoms. The Morgan fingerprint density at radius 1 is 1.22 bits per heavy atom. The topological polar surface area (TPSA) is 126 Å². The summed E-state index contributed by atoms with van der Waals surface area (Å²) in [5.74, 6) is 0. The monoisotopic (exact) mass is 543 g/mol. The highest BCUT2D eigenvalue weighted by molar-refractivity contribution is 7.90. The van der Waals surface area contributed by atoms with Gasteiger partial charge < -0.3 is 15.9 Å². The molecule has 2 aromatic heterocycles. The SMILES string of the molecule is CC(O)(CO)c1ccnc(-c2cccc3cc(C(NS(=O)(=O)C4CC4)c4cc(N)ccc4Cl)sc23)c1. The number of rotatable bonds is 8. The van der Waals surface area contributed by atoms with E-state index in [9.17, 15) is 18.6 Å². The summed E-state index contributed by atoms with van der Waals surface area (Å²) in [6.45, 7) is 1.12. The molecule has 7 nitrogen and oxygen atoms in total. The maximum Gasteiger partial charge on any atom is 0.215 e. The third kappa shape index (κ3) is 4.87. The highest BCUT2D eigenvalue weighted by atomic mass is 35.5. The lowest BCUT2D eigenvalue weighted by atomic mass is 9.96. The van der Waals surface area contributed by atoms with Crippen molar-refractivity contribution in [3.8, 4) is 11.3 Å². The van der Waals surface area contributed by atoms with Crippen LogP contribution in [0.1, 0.15) is 41.8 Å². The summed E-state index contributed by atoms with van der Waals surface area (Å²) in [4.78, 5) is 5.27. The van der Waals surface area contributed by atoms with Crippen LogP contribution < -0.4 is 10.5 Å². The molecule has 2 aromatic carbocycles. The molecular formula is C26H26ClN3O4S2. The second-order valence-electron chi connectivity index (χ2n) is 9.31. The summed E-state index contributed by atoms with van der Waals surface area (Å²) >= 11 is 7.97. The number of nitrogen functional groups attached to an aromatic ring is 1. The van der Waals surface area contributed by atoms with Gasteiger partial charge in [-0.05, 0) is 72.7 Å². The van der Waals surface area contributed by atoms with Crippen molar-refractivity contribution in [2.75, 3.05) is 12.3 Å². The minimum Gasteiger partial charge on any atom is -0.399 e. The molecule has 0 saturated heterocycles. The van der Waals surface area contributed by atoms with E-state index in [1.54, 1.807) is 43.5 Å². The van der Waals surface area contributed by atoms with Crippen molar-refractivity contribution in [2.24, 2.45) is 0 Å². The molecule has 5 rings (SSSR count). The molecule has 2 unspecified atom stereocenters. The number of benzene rings is 2. The van der Waals surface area contributed by atoms with Gasteiger partial charge in [0.15, 0.2) is 0 Å². The number of thiophene rings is 1. The van der Waals surface area contributed by atoms with Gasteiger partial charge in [-0.1, -0.05) is 29.8 Å². The Morgan fingerprint density at radius 3 is 2.72 bits per heavy atom. The quantitative estimate of drug-likeness (QED) is 0.241. The van der Waals surface area contributed by atoms with Crippen LogP contribution >= 0.6 is 22.9 Å². The Hall–Kier alpha value is -2.53. The first-order valence-corrected chi connectivity index (χ1v) is 14.2. The maximum atomic E-state index is 13.0. The number of aromatic nitrogens is 1. The average Bonchev–Trinajstić information content (AvgIpc) is 3.64. The van der Waals surface area contributed by atoms with Gasteiger partial charge in [0.05, 0.1) is 23.6 Å². The van der Waals surface area contributed by atoms with Crippen molar-refractivity contribution in [1.29, 1.82) is 0 Å². The van der Waals surface area contributed by atoms with E-state index in [2.05, 4.69) is 9.71 Å². The van der Waals surface area contributed by atoms with Crippen molar-refractivity contribution < 1.29 is 18.6 Å². The molecule has 0 radical (unpaired) electrons. The molecule has 1 saturated carbocycles. The summed E-state index contributed by atoms with van der Waals surface area (Å²) < 4.78 is 29.7. The van der Waals surface area contributed by atoms with E-state index >= 15 is 0 Å². The molecule has 188 valence electrons. The standard InChI is InChI=1S/C26H26ClN3O4S2/c1-26(32,14-31)16-9-10-29-22(12-16)19-4-2-3-15-11-23(35-25(15)19)24(30-36(33,34)18-6-7-18)20-13-17(28)5-8-21(20)27/h2-5,8-13,18,24,30-32H,6-7,14,28H2,1H3. The van der Waals surface area contributed by atoms with Crippen LogP contribution in [0, 0.1) is 0 Å². The van der Waals surface area contributed by atoms with Crippen LogP contribution in [-0.2, 0) is 15.6 Å². The Kier molecular flexibility index (Phi) is 6.57. The largest absolute Gasteiger partial charge is 0.399 e. The Balaban J connectivity index is 1.64. The van der Waals surface area contributed by atoms with E-state index < -0.39 is 33.5 Å². The number of anilines is 1. The van der Waals surface area contributed by atoms with Gasteiger partial charge in [-0.15, -0.1) is 11.3 Å². The number of hydrogen-bond donors (Lipinski definition) is 4. The number of nitrogens with one attached hydrogen (secondary N) is 1. The highest BCUT2D eigenvalue weighted by Crippen LogP contribution is 2.41. The number of pyridine rings is 1. The number of fused-ring (bicyclic) bond motifs is 1. The highest BCUT2D eigenvalue weighted by Gasteiger charge is 2.38. The van der Waals surface area contributed by atoms with E-state index in [1.165, 1.54) is 11.3 Å². The number of aliphatic hydroxyl groups is 2. The molecule has 36 heavy (non-hydrogen) atoms. The van der Waals surface area contributed by atoms with Crippen LogP contribution in [-0.4, -0.2) is 35.5 Å². The first kappa shape index (κ1) is 25.1. The summed E-state index contributed by atoms with van der Waals surface area (Å²) in [5, 5.41) is 21.1. The fraction of sp³-hybridized carbons (Fsp3) is 0.269. The van der Waals surface area contributed by atoms with Crippen LogP contribution in [0.5, 0.6) is 0 Å². The van der Waals surface area contributed by atoms with E-state index in [1.807, 2.05) is 24.3 Å². The number of hydrogen-bond acceptors (Lipinski definition) is 7. The van der Waals surface area contributed by atoms with Gasteiger partial charge in [-0.2, -0.15) is 0 Å². The van der Waals surface area contributed by atoms with Crippen LogP contribution in [0.4, 0.5) is 5.69 Å². The van der Waals surface area contributed by atoms with Crippen molar-refractivity contribution in [3.63, 3.8) is 0 Å². The second kappa shape index (κ2) is 9.41.